The van der Waals surface area contributed by atoms with E-state index in [0.29, 0.717) is 23.5 Å². The Bertz CT molecular complexity index is 1350. The van der Waals surface area contributed by atoms with E-state index < -0.39 is 5.97 Å². The fraction of sp³-hybridized carbons (Fsp3) is 0.148. The number of carbonyl (C=O) groups is 2. The summed E-state index contributed by atoms with van der Waals surface area (Å²) >= 11 is 1.62. The van der Waals surface area contributed by atoms with Gasteiger partial charge in [0.2, 0.25) is 0 Å². The molecule has 1 aliphatic rings. The molecular formula is C27H22N2O4S. The van der Waals surface area contributed by atoms with Crippen LogP contribution in [0.15, 0.2) is 78.2 Å². The number of hydrogen-bond acceptors (Lipinski definition) is 6. The van der Waals surface area contributed by atoms with E-state index in [-0.39, 0.29) is 12.5 Å². The van der Waals surface area contributed by atoms with Crippen molar-refractivity contribution in [1.29, 1.82) is 0 Å². The largest absolute Gasteiger partial charge is 0.482 e. The van der Waals surface area contributed by atoms with Crippen LogP contribution >= 0.6 is 11.3 Å². The van der Waals surface area contributed by atoms with Crippen molar-refractivity contribution in [3.8, 4) is 17.0 Å². The van der Waals surface area contributed by atoms with Gasteiger partial charge >= 0.3 is 5.97 Å². The summed E-state index contributed by atoms with van der Waals surface area (Å²) in [6.45, 7) is 0.292. The lowest BCUT2D eigenvalue weighted by molar-refractivity contribution is -0.121. The van der Waals surface area contributed by atoms with Crippen molar-refractivity contribution in [2.45, 2.75) is 13.0 Å². The van der Waals surface area contributed by atoms with E-state index in [1.807, 2.05) is 47.8 Å². The Morgan fingerprint density at radius 1 is 1.06 bits per heavy atom. The minimum Gasteiger partial charge on any atom is -0.482 e. The van der Waals surface area contributed by atoms with Crippen molar-refractivity contribution >= 4 is 28.9 Å². The number of rotatable bonds is 6. The number of methoxy groups -OCH3 is 1. The van der Waals surface area contributed by atoms with Crippen molar-refractivity contribution in [1.82, 2.24) is 4.98 Å². The Kier molecular flexibility index (Phi) is 6.10. The monoisotopic (exact) mass is 470 g/mol. The predicted molar refractivity (Wildman–Crippen MR) is 131 cm³/mol. The van der Waals surface area contributed by atoms with Crippen molar-refractivity contribution < 1.29 is 19.1 Å². The van der Waals surface area contributed by atoms with Crippen LogP contribution in [0.3, 0.4) is 0 Å². The third-order valence-electron chi connectivity index (χ3n) is 5.64. The fourth-order valence-electron chi connectivity index (χ4n) is 3.93. The first-order valence-corrected chi connectivity index (χ1v) is 11.7. The summed E-state index contributed by atoms with van der Waals surface area (Å²) in [5.74, 6) is 0.0936. The van der Waals surface area contributed by atoms with E-state index in [1.54, 1.807) is 34.4 Å². The molecule has 0 spiro atoms. The van der Waals surface area contributed by atoms with Crippen LogP contribution in [0.5, 0.6) is 5.75 Å². The Hall–Kier alpha value is -3.97. The minimum atomic E-state index is -0.410. The minimum absolute atomic E-state index is 0.0268. The lowest BCUT2D eigenvalue weighted by Gasteiger charge is -2.30. The van der Waals surface area contributed by atoms with Crippen LogP contribution in [-0.4, -0.2) is 30.6 Å². The van der Waals surface area contributed by atoms with Crippen molar-refractivity contribution in [3.63, 3.8) is 0 Å². The highest BCUT2D eigenvalue weighted by molar-refractivity contribution is 7.10. The van der Waals surface area contributed by atoms with Gasteiger partial charge in [-0.1, -0.05) is 42.5 Å². The number of benzene rings is 3. The zero-order valence-corrected chi connectivity index (χ0v) is 19.4. The van der Waals surface area contributed by atoms with Crippen molar-refractivity contribution in [2.24, 2.45) is 0 Å². The zero-order chi connectivity index (χ0) is 23.5. The quantitative estimate of drug-likeness (QED) is 0.366. The summed E-state index contributed by atoms with van der Waals surface area (Å²) in [5, 5.41) is 3.07. The highest BCUT2D eigenvalue weighted by Crippen LogP contribution is 2.37. The molecule has 0 N–H and O–H groups in total. The van der Waals surface area contributed by atoms with Crippen LogP contribution in [0.1, 0.15) is 26.5 Å². The molecule has 0 atom stereocenters. The Morgan fingerprint density at radius 3 is 2.71 bits per heavy atom. The summed E-state index contributed by atoms with van der Waals surface area (Å²) in [6, 6.07) is 23.1. The molecular weight excluding hydrogens is 448 g/mol. The first-order valence-electron chi connectivity index (χ1n) is 10.8. The smallest absolute Gasteiger partial charge is 0.337 e. The lowest BCUT2D eigenvalue weighted by atomic mass is 10.1. The fourth-order valence-corrected chi connectivity index (χ4v) is 4.76. The van der Waals surface area contributed by atoms with Gasteiger partial charge in [0, 0.05) is 17.4 Å². The van der Waals surface area contributed by atoms with Gasteiger partial charge in [0.05, 0.1) is 35.6 Å². The molecule has 5 rings (SSSR count). The lowest BCUT2D eigenvalue weighted by Crippen LogP contribution is -2.38. The molecule has 0 saturated carbocycles. The van der Waals surface area contributed by atoms with Gasteiger partial charge < -0.3 is 14.4 Å². The summed E-state index contributed by atoms with van der Waals surface area (Å²) in [5.41, 5.74) is 4.96. The molecule has 0 aliphatic carbocycles. The van der Waals surface area contributed by atoms with E-state index in [9.17, 15) is 9.59 Å². The van der Waals surface area contributed by atoms with Gasteiger partial charge in [-0.05, 0) is 41.5 Å². The van der Waals surface area contributed by atoms with E-state index in [2.05, 4.69) is 12.1 Å². The average Bonchev–Trinajstić information content (AvgIpc) is 3.34. The summed E-state index contributed by atoms with van der Waals surface area (Å²) in [6.07, 6.45) is 0.778. The highest BCUT2D eigenvalue weighted by Gasteiger charge is 2.26. The van der Waals surface area contributed by atoms with Crippen LogP contribution < -0.4 is 9.64 Å². The summed E-state index contributed by atoms with van der Waals surface area (Å²) in [7, 11) is 1.35. The second-order valence-corrected chi connectivity index (χ2v) is 8.87. The second-order valence-electron chi connectivity index (χ2n) is 7.93. The van der Waals surface area contributed by atoms with Crippen LogP contribution in [0, 0.1) is 0 Å². The number of carbonyl (C=O) groups excluding carboxylic acids is 2. The number of fused-ring (bicyclic) bond motifs is 1. The van der Waals surface area contributed by atoms with E-state index in [0.717, 1.165) is 28.2 Å². The van der Waals surface area contributed by atoms with E-state index >= 15 is 0 Å². The molecule has 1 aromatic heterocycles. The second kappa shape index (κ2) is 9.49. The molecule has 0 unspecified atom stereocenters. The van der Waals surface area contributed by atoms with Crippen molar-refractivity contribution in [3.05, 3.63) is 99.9 Å². The molecule has 3 aromatic carbocycles. The number of ether oxygens (including phenoxy) is 2. The first-order chi connectivity index (χ1) is 16.6. The van der Waals surface area contributed by atoms with E-state index in [4.69, 9.17) is 14.5 Å². The molecule has 0 saturated heterocycles. The van der Waals surface area contributed by atoms with Crippen LogP contribution in [-0.2, 0) is 22.5 Å². The maximum absolute atomic E-state index is 12.8. The zero-order valence-electron chi connectivity index (χ0n) is 18.6. The normalized spacial score (nSPS) is 12.7. The molecule has 0 radical (unpaired) electrons. The number of nitrogens with zero attached hydrogens (tertiary/aromatic N) is 2. The molecule has 2 heterocycles. The van der Waals surface area contributed by atoms with Gasteiger partial charge in [-0.2, -0.15) is 0 Å². The molecule has 0 bridgehead atoms. The number of amides is 1. The van der Waals surface area contributed by atoms with Crippen LogP contribution in [0.2, 0.25) is 0 Å². The van der Waals surface area contributed by atoms with Crippen LogP contribution in [0.25, 0.3) is 11.3 Å². The Labute approximate surface area is 201 Å². The number of esters is 1. The Balaban J connectivity index is 1.42. The molecule has 34 heavy (non-hydrogen) atoms. The standard InChI is InChI=1S/C27H22N2O4S/c1-32-27(31)21-9-5-8-19(12-21)15-29-23-14-20(10-11-24(23)33-16-26(29)30)22-17-34-25(28-22)13-18-6-3-2-4-7-18/h2-12,14,17H,13,15-16H2,1H3. The maximum atomic E-state index is 12.8. The highest BCUT2D eigenvalue weighted by atomic mass is 32.1. The molecule has 1 aliphatic heterocycles. The molecule has 7 heteroatoms. The molecule has 0 fully saturated rings. The summed E-state index contributed by atoms with van der Waals surface area (Å²) < 4.78 is 10.5. The third-order valence-corrected chi connectivity index (χ3v) is 6.49. The average molecular weight is 471 g/mol. The van der Waals surface area contributed by atoms with Gasteiger partial charge in [0.1, 0.15) is 5.75 Å². The Morgan fingerprint density at radius 2 is 1.88 bits per heavy atom. The van der Waals surface area contributed by atoms with E-state index in [1.165, 1.54) is 12.7 Å². The number of anilines is 1. The number of thiazole rings is 1. The van der Waals surface area contributed by atoms with Gasteiger partial charge in [0.25, 0.3) is 5.91 Å². The third kappa shape index (κ3) is 4.56. The maximum Gasteiger partial charge on any atom is 0.337 e. The van der Waals surface area contributed by atoms with Gasteiger partial charge in [-0.15, -0.1) is 11.3 Å². The molecule has 4 aromatic rings. The van der Waals surface area contributed by atoms with Crippen molar-refractivity contribution in [2.75, 3.05) is 18.6 Å². The first kappa shape index (κ1) is 21.9. The summed E-state index contributed by atoms with van der Waals surface area (Å²) in [4.78, 5) is 31.2. The molecule has 6 nitrogen and oxygen atoms in total. The SMILES string of the molecule is COC(=O)c1cccc(CN2C(=O)COc3ccc(-c4csc(Cc5ccccc5)n4)cc32)c1. The van der Waals surface area contributed by atoms with Gasteiger partial charge in [-0.25, -0.2) is 9.78 Å². The number of aromatic nitrogens is 1. The molecule has 170 valence electrons. The number of hydrogen-bond donors (Lipinski definition) is 0. The van der Waals surface area contributed by atoms with Gasteiger partial charge in [0.15, 0.2) is 6.61 Å². The predicted octanol–water partition coefficient (Wildman–Crippen LogP) is 5.11. The van der Waals surface area contributed by atoms with Crippen LogP contribution in [0.4, 0.5) is 5.69 Å². The molecule has 1 amide bonds. The van der Waals surface area contributed by atoms with Gasteiger partial charge in [-0.3, -0.25) is 4.79 Å². The topological polar surface area (TPSA) is 68.7 Å².